The van der Waals surface area contributed by atoms with Crippen LogP contribution in [-0.2, 0) is 34.4 Å². The van der Waals surface area contributed by atoms with E-state index in [4.69, 9.17) is 14.2 Å². The van der Waals surface area contributed by atoms with Gasteiger partial charge < -0.3 is 14.2 Å². The second-order valence-electron chi connectivity index (χ2n) is 9.76. The van der Waals surface area contributed by atoms with E-state index in [2.05, 4.69) is 67.9 Å². The number of ether oxygens (including phenoxy) is 3. The number of hydrogen-bond donors (Lipinski definition) is 0. The molecule has 45 heavy (non-hydrogen) atoms. The number of aromatic nitrogens is 6. The van der Waals surface area contributed by atoms with E-state index in [-0.39, 0.29) is 19.6 Å². The molecule has 0 aliphatic rings. The molecule has 0 saturated heterocycles. The van der Waals surface area contributed by atoms with Gasteiger partial charge in [-0.05, 0) is 89.0 Å². The van der Waals surface area contributed by atoms with E-state index in [0.717, 1.165) is 17.1 Å². The van der Waals surface area contributed by atoms with Gasteiger partial charge in [0.15, 0.2) is 0 Å². The summed E-state index contributed by atoms with van der Waals surface area (Å²) in [4.78, 5) is 3.54. The van der Waals surface area contributed by atoms with Crippen LogP contribution in [0.2, 0.25) is 0 Å². The minimum Gasteiger partial charge on any atom is -0.356 e. The van der Waals surface area contributed by atoms with Gasteiger partial charge in [-0.25, -0.2) is 14.0 Å². The zero-order valence-electron chi connectivity index (χ0n) is 24.4. The van der Waals surface area contributed by atoms with Crippen LogP contribution in [0.15, 0.2) is 89.3 Å². The lowest BCUT2D eigenvalue weighted by Crippen LogP contribution is -2.28. The predicted molar refractivity (Wildman–Crippen MR) is 183 cm³/mol. The molecule has 0 fully saturated rings. The van der Waals surface area contributed by atoms with Crippen LogP contribution >= 0.6 is 34.0 Å². The molecule has 0 bridgehead atoms. The van der Waals surface area contributed by atoms with E-state index in [1.165, 1.54) is 14.6 Å². The Kier molecular flexibility index (Phi) is 11.1. The third kappa shape index (κ3) is 9.41. The smallest absolute Gasteiger partial charge is 0.140 e. The summed E-state index contributed by atoms with van der Waals surface area (Å²) in [5.41, 5.74) is 2.77. The molecule has 0 spiro atoms. The Morgan fingerprint density at radius 2 is 1.18 bits per heavy atom. The normalized spacial score (nSPS) is 12.8. The van der Waals surface area contributed by atoms with Crippen molar-refractivity contribution < 1.29 is 14.2 Å². The fourth-order valence-electron chi connectivity index (χ4n) is 4.25. The Labute approximate surface area is 273 Å². The summed E-state index contributed by atoms with van der Waals surface area (Å²) in [6, 6.07) is 18.2. The van der Waals surface area contributed by atoms with Crippen LogP contribution in [-0.4, -0.2) is 48.7 Å². The maximum Gasteiger partial charge on any atom is 0.140 e. The standard InChI is InChI=1S/C33H32N6O3S3/c1-4-31(43-19-1)10-7-27-15-18-37(36-27)24-40-22-30(42-26-39-29(14-17-35-39)9-12-33-6-3-21-45-33)23-41-25-38-28(13-16-34-38)8-11-32-5-2-20-44-32/h1-21,30H,22-26H2/b10-7+,11-8+,12-9+. The van der Waals surface area contributed by atoms with E-state index >= 15 is 0 Å². The molecule has 0 N–H and O–H groups in total. The van der Waals surface area contributed by atoms with Crippen LogP contribution < -0.4 is 0 Å². The summed E-state index contributed by atoms with van der Waals surface area (Å²) in [5.74, 6) is 0. The van der Waals surface area contributed by atoms with Gasteiger partial charge in [0.1, 0.15) is 26.3 Å². The lowest BCUT2D eigenvalue weighted by atomic mass is 10.3. The SMILES string of the molecule is C(=C\c1cccs1)/c1ccn(COCC(COCn2nccc2/C=C/c2cccs2)OCn2nccc2/C=C/c2cccs2)n1. The maximum absolute atomic E-state index is 6.27. The fraction of sp³-hybridized carbons (Fsp3) is 0.182. The Bertz CT molecular complexity index is 1780. The molecule has 0 saturated carbocycles. The highest BCUT2D eigenvalue weighted by atomic mass is 32.1. The number of rotatable bonds is 17. The summed E-state index contributed by atoms with van der Waals surface area (Å²) < 4.78 is 23.8. The Morgan fingerprint density at radius 3 is 1.76 bits per heavy atom. The van der Waals surface area contributed by atoms with Crippen LogP contribution in [0.3, 0.4) is 0 Å². The van der Waals surface area contributed by atoms with E-state index in [1.807, 2.05) is 70.2 Å². The summed E-state index contributed by atoms with van der Waals surface area (Å²) in [6.45, 7) is 1.45. The first-order valence-corrected chi connectivity index (χ1v) is 16.9. The van der Waals surface area contributed by atoms with E-state index < -0.39 is 0 Å². The molecular formula is C33H32N6O3S3. The molecular weight excluding hydrogens is 625 g/mol. The van der Waals surface area contributed by atoms with Crippen LogP contribution in [0, 0.1) is 0 Å². The van der Waals surface area contributed by atoms with Gasteiger partial charge in [0.05, 0.1) is 30.3 Å². The molecule has 0 amide bonds. The molecule has 6 aromatic rings. The number of hydrogen-bond acceptors (Lipinski definition) is 9. The van der Waals surface area contributed by atoms with Gasteiger partial charge in [0.2, 0.25) is 0 Å². The average molecular weight is 657 g/mol. The summed E-state index contributed by atoms with van der Waals surface area (Å²) in [6.07, 6.45) is 17.4. The van der Waals surface area contributed by atoms with Gasteiger partial charge >= 0.3 is 0 Å². The van der Waals surface area contributed by atoms with Crippen molar-refractivity contribution in [2.75, 3.05) is 13.2 Å². The predicted octanol–water partition coefficient (Wildman–Crippen LogP) is 7.66. The minimum absolute atomic E-state index is 0.254. The monoisotopic (exact) mass is 656 g/mol. The molecule has 1 atom stereocenters. The summed E-state index contributed by atoms with van der Waals surface area (Å²) >= 11 is 5.07. The van der Waals surface area contributed by atoms with Crippen LogP contribution in [0.25, 0.3) is 36.5 Å². The molecule has 0 aliphatic carbocycles. The largest absolute Gasteiger partial charge is 0.356 e. The maximum atomic E-state index is 6.27. The zero-order chi connectivity index (χ0) is 30.5. The van der Waals surface area contributed by atoms with Gasteiger partial charge in [-0.15, -0.1) is 34.0 Å². The van der Waals surface area contributed by atoms with Gasteiger partial charge in [-0.3, -0.25) is 0 Å². The minimum atomic E-state index is -0.349. The number of thiophene rings is 3. The van der Waals surface area contributed by atoms with Crippen LogP contribution in [0.1, 0.15) is 31.7 Å². The lowest BCUT2D eigenvalue weighted by molar-refractivity contribution is -0.104. The van der Waals surface area contributed by atoms with E-state index in [0.29, 0.717) is 19.9 Å². The van der Waals surface area contributed by atoms with Gasteiger partial charge in [-0.1, -0.05) is 18.2 Å². The van der Waals surface area contributed by atoms with Crippen molar-refractivity contribution in [3.63, 3.8) is 0 Å². The summed E-state index contributed by atoms with van der Waals surface area (Å²) in [7, 11) is 0. The van der Waals surface area contributed by atoms with Crippen molar-refractivity contribution in [2.24, 2.45) is 0 Å². The molecule has 0 radical (unpaired) electrons. The van der Waals surface area contributed by atoms with E-state index in [1.54, 1.807) is 51.1 Å². The third-order valence-corrected chi connectivity index (χ3v) is 9.03. The Balaban J connectivity index is 1.05. The second kappa shape index (κ2) is 16.2. The topological polar surface area (TPSA) is 81.1 Å². The quantitative estimate of drug-likeness (QED) is 0.100. The van der Waals surface area contributed by atoms with Crippen molar-refractivity contribution in [1.82, 2.24) is 29.3 Å². The second-order valence-corrected chi connectivity index (χ2v) is 12.7. The third-order valence-electron chi connectivity index (χ3n) is 6.52. The first kappa shape index (κ1) is 30.8. The van der Waals surface area contributed by atoms with Gasteiger partial charge in [0, 0.05) is 33.2 Å². The summed E-state index contributed by atoms with van der Waals surface area (Å²) in [5, 5.41) is 19.6. The van der Waals surface area contributed by atoms with Crippen molar-refractivity contribution >= 4 is 70.5 Å². The molecule has 12 heteroatoms. The first-order chi connectivity index (χ1) is 22.3. The van der Waals surface area contributed by atoms with Crippen LogP contribution in [0.5, 0.6) is 0 Å². The van der Waals surface area contributed by atoms with Gasteiger partial charge in [0.25, 0.3) is 0 Å². The van der Waals surface area contributed by atoms with Crippen LogP contribution in [0.4, 0.5) is 0 Å². The van der Waals surface area contributed by atoms with Crippen molar-refractivity contribution in [3.05, 3.63) is 121 Å². The lowest BCUT2D eigenvalue weighted by Gasteiger charge is -2.19. The molecule has 6 rings (SSSR count). The molecule has 9 nitrogen and oxygen atoms in total. The van der Waals surface area contributed by atoms with Crippen molar-refractivity contribution in [3.8, 4) is 0 Å². The molecule has 6 aromatic heterocycles. The molecule has 6 heterocycles. The highest BCUT2D eigenvalue weighted by Gasteiger charge is 2.13. The highest BCUT2D eigenvalue weighted by Crippen LogP contribution is 2.16. The van der Waals surface area contributed by atoms with Crippen molar-refractivity contribution in [1.29, 1.82) is 0 Å². The molecule has 1 unspecified atom stereocenters. The van der Waals surface area contributed by atoms with Crippen molar-refractivity contribution in [2.45, 2.75) is 26.3 Å². The molecule has 0 aliphatic heterocycles. The van der Waals surface area contributed by atoms with E-state index in [9.17, 15) is 0 Å². The first-order valence-electron chi connectivity index (χ1n) is 14.3. The fourth-order valence-corrected chi connectivity index (χ4v) is 6.11. The average Bonchev–Trinajstić information content (AvgIpc) is 3.89. The Morgan fingerprint density at radius 1 is 0.622 bits per heavy atom. The van der Waals surface area contributed by atoms with Gasteiger partial charge in [-0.2, -0.15) is 15.3 Å². The molecule has 230 valence electrons. The highest BCUT2D eigenvalue weighted by molar-refractivity contribution is 7.11. The number of nitrogens with zero attached hydrogens (tertiary/aromatic N) is 6. The zero-order valence-corrected chi connectivity index (χ0v) is 26.8. The Hall–Kier alpha value is -4.17. The molecule has 0 aromatic carbocycles.